The lowest BCUT2D eigenvalue weighted by molar-refractivity contribution is 0.0609. The number of unbranched alkanes of at least 4 members (excludes halogenated alkanes) is 1. The number of rotatable bonds is 8. The Labute approximate surface area is 193 Å². The molecule has 0 spiro atoms. The van der Waals surface area contributed by atoms with Crippen LogP contribution in [0.4, 0.5) is 5.82 Å². The average molecular weight is 445 g/mol. The predicted molar refractivity (Wildman–Crippen MR) is 127 cm³/mol. The highest BCUT2D eigenvalue weighted by atomic mass is 16.3. The van der Waals surface area contributed by atoms with Crippen LogP contribution < -0.4 is 5.01 Å². The van der Waals surface area contributed by atoms with Gasteiger partial charge in [-0.2, -0.15) is 10.4 Å². The standard InChI is InChI=1S/C25H28N6O2/c1-4-31(23-22-10-8-19(16-26)29(22)13-11-27-23)28-17-18-7-9-20-21(15-18)25(2,3)30(24(20)33)12-5-6-14-32/h7-11,13,15,17,32H,4-6,12,14H2,1-3H3/b28-17+. The van der Waals surface area contributed by atoms with Crippen molar-refractivity contribution in [2.24, 2.45) is 5.10 Å². The lowest BCUT2D eigenvalue weighted by Crippen LogP contribution is -2.39. The Balaban J connectivity index is 1.62. The van der Waals surface area contributed by atoms with E-state index in [1.165, 1.54) is 0 Å². The number of benzene rings is 1. The van der Waals surface area contributed by atoms with Crippen LogP contribution in [0, 0.1) is 11.3 Å². The molecule has 1 aliphatic heterocycles. The van der Waals surface area contributed by atoms with Gasteiger partial charge in [0.25, 0.3) is 5.91 Å². The molecule has 3 aromatic rings. The van der Waals surface area contributed by atoms with E-state index in [1.807, 2.05) is 36.1 Å². The summed E-state index contributed by atoms with van der Waals surface area (Å²) in [5.41, 5.74) is 3.52. The smallest absolute Gasteiger partial charge is 0.254 e. The SMILES string of the molecule is CCN(/N=C/c1ccc2c(c1)C(C)(C)N(CCCCO)C2=O)c1nccn2c(C#N)ccc12. The zero-order valence-corrected chi connectivity index (χ0v) is 19.2. The summed E-state index contributed by atoms with van der Waals surface area (Å²) >= 11 is 0. The molecule has 170 valence electrons. The van der Waals surface area contributed by atoms with Gasteiger partial charge in [0, 0.05) is 37.7 Å². The maximum atomic E-state index is 13.0. The number of aliphatic hydroxyl groups excluding tert-OH is 1. The van der Waals surface area contributed by atoms with Gasteiger partial charge in [0.2, 0.25) is 0 Å². The van der Waals surface area contributed by atoms with Gasteiger partial charge in [-0.15, -0.1) is 0 Å². The van der Waals surface area contributed by atoms with E-state index in [1.54, 1.807) is 34.1 Å². The monoisotopic (exact) mass is 444 g/mol. The molecule has 33 heavy (non-hydrogen) atoms. The van der Waals surface area contributed by atoms with Crippen molar-refractivity contribution in [3.8, 4) is 6.07 Å². The maximum Gasteiger partial charge on any atom is 0.254 e. The summed E-state index contributed by atoms with van der Waals surface area (Å²) in [5.74, 6) is 0.702. The van der Waals surface area contributed by atoms with E-state index in [2.05, 4.69) is 30.0 Å². The molecule has 0 bridgehead atoms. The van der Waals surface area contributed by atoms with Crippen LogP contribution in [-0.4, -0.2) is 51.2 Å². The Hall–Kier alpha value is -3.70. The van der Waals surface area contributed by atoms with Crippen molar-refractivity contribution < 1.29 is 9.90 Å². The summed E-state index contributed by atoms with van der Waals surface area (Å²) in [6.07, 6.45) is 6.65. The second-order valence-electron chi connectivity index (χ2n) is 8.55. The van der Waals surface area contributed by atoms with Crippen LogP contribution in [0.5, 0.6) is 0 Å². The van der Waals surface area contributed by atoms with E-state index in [0.717, 1.165) is 28.6 Å². The fourth-order valence-electron chi connectivity index (χ4n) is 4.38. The molecular formula is C25H28N6O2. The van der Waals surface area contributed by atoms with Crippen molar-refractivity contribution in [3.05, 3.63) is 65.1 Å². The number of hydrazone groups is 1. The topological polar surface area (TPSA) is 97.2 Å². The minimum Gasteiger partial charge on any atom is -0.396 e. The summed E-state index contributed by atoms with van der Waals surface area (Å²) in [5, 5.41) is 24.8. The molecule has 1 N–H and O–H groups in total. The molecule has 4 rings (SSSR count). The molecule has 0 radical (unpaired) electrons. The average Bonchev–Trinajstić information content (AvgIpc) is 3.32. The largest absolute Gasteiger partial charge is 0.396 e. The number of fused-ring (bicyclic) bond motifs is 2. The summed E-state index contributed by atoms with van der Waals surface area (Å²) in [6, 6.07) is 11.6. The predicted octanol–water partition coefficient (Wildman–Crippen LogP) is 3.53. The second-order valence-corrected chi connectivity index (χ2v) is 8.55. The van der Waals surface area contributed by atoms with Crippen LogP contribution in [0.1, 0.15) is 60.8 Å². The first-order valence-corrected chi connectivity index (χ1v) is 11.2. The van der Waals surface area contributed by atoms with Gasteiger partial charge in [-0.25, -0.2) is 9.99 Å². The number of aliphatic hydroxyl groups is 1. The van der Waals surface area contributed by atoms with Gasteiger partial charge in [-0.1, -0.05) is 6.07 Å². The third-order valence-electron chi connectivity index (χ3n) is 6.21. The number of hydrogen-bond donors (Lipinski definition) is 1. The van der Waals surface area contributed by atoms with E-state index in [-0.39, 0.29) is 12.5 Å². The first kappa shape index (κ1) is 22.5. The Bertz CT molecular complexity index is 1250. The van der Waals surface area contributed by atoms with Gasteiger partial charge in [0.05, 0.1) is 17.3 Å². The molecule has 3 heterocycles. The molecule has 0 saturated carbocycles. The van der Waals surface area contributed by atoms with E-state index in [4.69, 9.17) is 5.11 Å². The molecular weight excluding hydrogens is 416 g/mol. The van der Waals surface area contributed by atoms with Crippen molar-refractivity contribution in [1.82, 2.24) is 14.3 Å². The third-order valence-corrected chi connectivity index (χ3v) is 6.21. The molecule has 0 aliphatic carbocycles. The molecule has 1 aliphatic rings. The summed E-state index contributed by atoms with van der Waals surface area (Å²) < 4.78 is 1.80. The van der Waals surface area contributed by atoms with Crippen LogP contribution in [0.15, 0.2) is 47.8 Å². The zero-order chi connectivity index (χ0) is 23.6. The highest BCUT2D eigenvalue weighted by Gasteiger charge is 2.42. The maximum absolute atomic E-state index is 13.0. The van der Waals surface area contributed by atoms with Gasteiger partial charge in [0.1, 0.15) is 11.8 Å². The molecule has 8 heteroatoms. The number of hydrogen-bond acceptors (Lipinski definition) is 6. The summed E-state index contributed by atoms with van der Waals surface area (Å²) in [4.78, 5) is 19.3. The number of carbonyl (C=O) groups excluding carboxylic acids is 1. The van der Waals surface area contributed by atoms with E-state index in [0.29, 0.717) is 31.0 Å². The molecule has 2 aromatic heterocycles. The van der Waals surface area contributed by atoms with Gasteiger partial charge in [0.15, 0.2) is 5.82 Å². The number of nitriles is 1. The van der Waals surface area contributed by atoms with E-state index >= 15 is 0 Å². The minimum absolute atomic E-state index is 0.0315. The van der Waals surface area contributed by atoms with Crippen LogP contribution >= 0.6 is 0 Å². The molecule has 8 nitrogen and oxygen atoms in total. The quantitative estimate of drug-likeness (QED) is 0.326. The Morgan fingerprint density at radius 1 is 1.27 bits per heavy atom. The van der Waals surface area contributed by atoms with Crippen molar-refractivity contribution in [2.45, 2.75) is 39.2 Å². The van der Waals surface area contributed by atoms with E-state index < -0.39 is 5.54 Å². The van der Waals surface area contributed by atoms with Gasteiger partial charge < -0.3 is 14.4 Å². The van der Waals surface area contributed by atoms with Crippen molar-refractivity contribution in [1.29, 1.82) is 5.26 Å². The second kappa shape index (κ2) is 9.04. The van der Waals surface area contributed by atoms with Gasteiger partial charge in [-0.05, 0) is 69.0 Å². The fraction of sp³-hybridized carbons (Fsp3) is 0.360. The Morgan fingerprint density at radius 2 is 2.09 bits per heavy atom. The Kier molecular flexibility index (Phi) is 6.16. The highest BCUT2D eigenvalue weighted by Crippen LogP contribution is 2.39. The number of anilines is 1. The van der Waals surface area contributed by atoms with Crippen molar-refractivity contribution in [3.63, 3.8) is 0 Å². The summed E-state index contributed by atoms with van der Waals surface area (Å²) in [7, 11) is 0. The summed E-state index contributed by atoms with van der Waals surface area (Å²) in [6.45, 7) is 7.45. The number of amides is 1. The van der Waals surface area contributed by atoms with Gasteiger partial charge >= 0.3 is 0 Å². The lowest BCUT2D eigenvalue weighted by atomic mass is 9.92. The normalized spacial score (nSPS) is 14.8. The fourth-order valence-corrected chi connectivity index (χ4v) is 4.38. The first-order chi connectivity index (χ1) is 15.9. The Morgan fingerprint density at radius 3 is 2.82 bits per heavy atom. The zero-order valence-electron chi connectivity index (χ0n) is 19.2. The third kappa shape index (κ3) is 3.96. The van der Waals surface area contributed by atoms with Crippen LogP contribution in [0.2, 0.25) is 0 Å². The number of aromatic nitrogens is 2. The minimum atomic E-state index is -0.428. The van der Waals surface area contributed by atoms with Crippen LogP contribution in [0.3, 0.4) is 0 Å². The molecule has 0 atom stereocenters. The van der Waals surface area contributed by atoms with E-state index in [9.17, 15) is 10.1 Å². The van der Waals surface area contributed by atoms with Gasteiger partial charge in [-0.3, -0.25) is 4.79 Å². The van der Waals surface area contributed by atoms with Crippen molar-refractivity contribution in [2.75, 3.05) is 24.7 Å². The molecule has 1 aromatic carbocycles. The molecule has 0 unspecified atom stereocenters. The number of carbonyl (C=O) groups is 1. The highest BCUT2D eigenvalue weighted by molar-refractivity contribution is 6.00. The number of nitrogens with zero attached hydrogens (tertiary/aromatic N) is 6. The molecule has 1 amide bonds. The van der Waals surface area contributed by atoms with Crippen molar-refractivity contribution >= 4 is 23.5 Å². The van der Waals surface area contributed by atoms with Crippen LogP contribution in [-0.2, 0) is 5.54 Å². The molecule has 0 saturated heterocycles. The molecule has 0 fully saturated rings. The first-order valence-electron chi connectivity index (χ1n) is 11.2. The lowest BCUT2D eigenvalue weighted by Gasteiger charge is -2.32. The van der Waals surface area contributed by atoms with Crippen LogP contribution in [0.25, 0.3) is 5.52 Å².